The minimum absolute atomic E-state index is 0.236. The molecule has 1 N–H and O–H groups in total. The quantitative estimate of drug-likeness (QED) is 0.580. The SMILES string of the molecule is CCOC(=O)CNC(=O)Cn1nc(C2CC2)c2cnn(-c3ccc(C)c(C)c3)c2c1=O. The van der Waals surface area contributed by atoms with Gasteiger partial charge in [-0.1, -0.05) is 6.07 Å². The van der Waals surface area contributed by atoms with Crippen LogP contribution in [0.1, 0.15) is 42.5 Å². The zero-order valence-electron chi connectivity index (χ0n) is 17.8. The molecule has 0 saturated heterocycles. The number of fused-ring (bicyclic) bond motifs is 1. The van der Waals surface area contributed by atoms with Crippen molar-refractivity contribution in [1.29, 1.82) is 0 Å². The number of carbonyl (C=O) groups excluding carboxylic acids is 2. The Hall–Kier alpha value is -3.49. The number of hydrogen-bond acceptors (Lipinski definition) is 6. The highest BCUT2D eigenvalue weighted by Gasteiger charge is 2.30. The predicted molar refractivity (Wildman–Crippen MR) is 114 cm³/mol. The van der Waals surface area contributed by atoms with Crippen molar-refractivity contribution in [1.82, 2.24) is 24.9 Å². The molecule has 31 heavy (non-hydrogen) atoms. The van der Waals surface area contributed by atoms with Crippen LogP contribution < -0.4 is 10.9 Å². The molecular weight excluding hydrogens is 398 g/mol. The van der Waals surface area contributed by atoms with Crippen molar-refractivity contribution >= 4 is 22.8 Å². The Kier molecular flexibility index (Phi) is 5.58. The number of benzene rings is 1. The molecule has 1 aromatic carbocycles. The highest BCUT2D eigenvalue weighted by Crippen LogP contribution is 2.41. The van der Waals surface area contributed by atoms with Crippen LogP contribution in [-0.4, -0.2) is 44.6 Å². The van der Waals surface area contributed by atoms with E-state index in [-0.39, 0.29) is 25.6 Å². The topological polar surface area (TPSA) is 108 Å². The van der Waals surface area contributed by atoms with Crippen LogP contribution in [0.15, 0.2) is 29.2 Å². The van der Waals surface area contributed by atoms with Gasteiger partial charge in [0.1, 0.15) is 18.6 Å². The van der Waals surface area contributed by atoms with Gasteiger partial charge in [-0.3, -0.25) is 14.4 Å². The molecule has 0 bridgehead atoms. The molecule has 3 aromatic rings. The van der Waals surface area contributed by atoms with E-state index in [1.54, 1.807) is 17.8 Å². The first-order valence-electron chi connectivity index (χ1n) is 10.4. The van der Waals surface area contributed by atoms with Crippen LogP contribution in [0.2, 0.25) is 0 Å². The van der Waals surface area contributed by atoms with Gasteiger partial charge >= 0.3 is 5.97 Å². The summed E-state index contributed by atoms with van der Waals surface area (Å²) in [6.45, 7) is 5.42. The Bertz CT molecular complexity index is 1220. The van der Waals surface area contributed by atoms with Gasteiger partial charge in [0.05, 0.1) is 24.2 Å². The molecule has 0 radical (unpaired) electrons. The lowest BCUT2D eigenvalue weighted by Gasteiger charge is -2.11. The molecule has 9 heteroatoms. The van der Waals surface area contributed by atoms with E-state index >= 15 is 0 Å². The summed E-state index contributed by atoms with van der Waals surface area (Å²) in [6, 6.07) is 5.89. The summed E-state index contributed by atoms with van der Waals surface area (Å²) in [7, 11) is 0. The number of aryl methyl sites for hydroxylation is 2. The number of amides is 1. The lowest BCUT2D eigenvalue weighted by Crippen LogP contribution is -2.37. The first-order chi connectivity index (χ1) is 14.9. The van der Waals surface area contributed by atoms with Gasteiger partial charge in [0.25, 0.3) is 5.56 Å². The van der Waals surface area contributed by atoms with Crippen molar-refractivity contribution in [2.75, 3.05) is 13.2 Å². The number of carbonyl (C=O) groups is 2. The monoisotopic (exact) mass is 423 g/mol. The highest BCUT2D eigenvalue weighted by atomic mass is 16.5. The van der Waals surface area contributed by atoms with Crippen molar-refractivity contribution in [3.05, 3.63) is 51.6 Å². The minimum Gasteiger partial charge on any atom is -0.465 e. The minimum atomic E-state index is -0.530. The van der Waals surface area contributed by atoms with Gasteiger partial charge < -0.3 is 10.1 Å². The second-order valence-corrected chi connectivity index (χ2v) is 7.79. The van der Waals surface area contributed by atoms with Crippen molar-refractivity contribution in [2.45, 2.75) is 46.1 Å². The Labute approximate surface area is 179 Å². The first kappa shape index (κ1) is 20.8. The summed E-state index contributed by atoms with van der Waals surface area (Å²) in [4.78, 5) is 37.1. The third-order valence-corrected chi connectivity index (χ3v) is 5.44. The second kappa shape index (κ2) is 8.33. The molecule has 4 rings (SSSR count). The molecule has 0 aliphatic heterocycles. The number of esters is 1. The van der Waals surface area contributed by atoms with Crippen LogP contribution in [-0.2, 0) is 20.9 Å². The zero-order chi connectivity index (χ0) is 22.1. The lowest BCUT2D eigenvalue weighted by atomic mass is 10.1. The van der Waals surface area contributed by atoms with Crippen LogP contribution >= 0.6 is 0 Å². The van der Waals surface area contributed by atoms with E-state index in [1.165, 1.54) is 0 Å². The van der Waals surface area contributed by atoms with Gasteiger partial charge in [0.2, 0.25) is 5.91 Å². The molecule has 0 unspecified atom stereocenters. The maximum absolute atomic E-state index is 13.3. The molecule has 2 aromatic heterocycles. The van der Waals surface area contributed by atoms with Gasteiger partial charge in [-0.15, -0.1) is 0 Å². The predicted octanol–water partition coefficient (Wildman–Crippen LogP) is 1.76. The molecule has 1 aliphatic carbocycles. The summed E-state index contributed by atoms with van der Waals surface area (Å²) in [5, 5.41) is 12.1. The Morgan fingerprint density at radius 1 is 1.23 bits per heavy atom. The van der Waals surface area contributed by atoms with Crippen LogP contribution in [0.25, 0.3) is 16.6 Å². The molecule has 162 valence electrons. The zero-order valence-corrected chi connectivity index (χ0v) is 17.8. The van der Waals surface area contributed by atoms with E-state index in [0.29, 0.717) is 10.9 Å². The molecule has 9 nitrogen and oxygen atoms in total. The van der Waals surface area contributed by atoms with Gasteiger partial charge in [0.15, 0.2) is 0 Å². The van der Waals surface area contributed by atoms with Crippen molar-refractivity contribution in [3.63, 3.8) is 0 Å². The molecule has 0 atom stereocenters. The van der Waals surface area contributed by atoms with E-state index in [9.17, 15) is 14.4 Å². The van der Waals surface area contributed by atoms with E-state index in [1.807, 2.05) is 32.0 Å². The van der Waals surface area contributed by atoms with Crippen molar-refractivity contribution in [2.24, 2.45) is 0 Å². The van der Waals surface area contributed by atoms with E-state index < -0.39 is 17.4 Å². The number of rotatable bonds is 7. The van der Waals surface area contributed by atoms with E-state index in [0.717, 1.165) is 40.0 Å². The number of ether oxygens (including phenoxy) is 1. The van der Waals surface area contributed by atoms with Crippen molar-refractivity contribution < 1.29 is 14.3 Å². The van der Waals surface area contributed by atoms with Gasteiger partial charge in [-0.2, -0.15) is 10.2 Å². The summed E-state index contributed by atoms with van der Waals surface area (Å²) in [6.07, 6.45) is 3.66. The largest absolute Gasteiger partial charge is 0.465 e. The molecule has 2 heterocycles. The molecule has 1 fully saturated rings. The average Bonchev–Trinajstić information content (AvgIpc) is 3.48. The first-order valence-corrected chi connectivity index (χ1v) is 10.4. The Balaban J connectivity index is 1.72. The number of nitrogens with zero attached hydrogens (tertiary/aromatic N) is 4. The fourth-order valence-electron chi connectivity index (χ4n) is 3.49. The standard InChI is InChI=1S/C22H25N5O4/c1-4-31-19(29)11-23-18(28)12-26-22(30)21-17(20(25-26)15-6-7-15)10-24-27(21)16-8-5-13(2)14(3)9-16/h5,8-10,15H,4,6-7,11-12H2,1-3H3,(H,23,28). The number of nitrogens with one attached hydrogen (secondary N) is 1. The summed E-state index contributed by atoms with van der Waals surface area (Å²) >= 11 is 0. The Morgan fingerprint density at radius 3 is 2.68 bits per heavy atom. The van der Waals surface area contributed by atoms with E-state index in [2.05, 4.69) is 15.5 Å². The fourth-order valence-corrected chi connectivity index (χ4v) is 3.49. The third kappa shape index (κ3) is 4.21. The molecule has 1 saturated carbocycles. The third-order valence-electron chi connectivity index (χ3n) is 5.44. The maximum atomic E-state index is 13.3. The average molecular weight is 423 g/mol. The molecule has 1 amide bonds. The van der Waals surface area contributed by atoms with Gasteiger partial charge in [-0.05, 0) is 56.9 Å². The summed E-state index contributed by atoms with van der Waals surface area (Å²) < 4.78 is 7.58. The second-order valence-electron chi connectivity index (χ2n) is 7.79. The van der Waals surface area contributed by atoms with Crippen LogP contribution in [0.5, 0.6) is 0 Å². The summed E-state index contributed by atoms with van der Waals surface area (Å²) in [5.74, 6) is -0.756. The fraction of sp³-hybridized carbons (Fsp3) is 0.409. The maximum Gasteiger partial charge on any atom is 0.325 e. The smallest absolute Gasteiger partial charge is 0.325 e. The molecule has 1 aliphatic rings. The molecular formula is C22H25N5O4. The lowest BCUT2D eigenvalue weighted by molar-refractivity contribution is -0.143. The highest BCUT2D eigenvalue weighted by molar-refractivity contribution is 5.84. The number of hydrogen-bond donors (Lipinski definition) is 1. The normalized spacial score (nSPS) is 13.4. The Morgan fingerprint density at radius 2 is 2.00 bits per heavy atom. The number of aromatic nitrogens is 4. The van der Waals surface area contributed by atoms with Crippen molar-refractivity contribution in [3.8, 4) is 5.69 Å². The van der Waals surface area contributed by atoms with E-state index in [4.69, 9.17) is 4.74 Å². The van der Waals surface area contributed by atoms with Gasteiger partial charge in [-0.25, -0.2) is 9.36 Å². The van der Waals surface area contributed by atoms with Crippen LogP contribution in [0.3, 0.4) is 0 Å². The van der Waals surface area contributed by atoms with Crippen LogP contribution in [0.4, 0.5) is 0 Å². The molecule has 0 spiro atoms. The van der Waals surface area contributed by atoms with Crippen LogP contribution in [0, 0.1) is 13.8 Å². The summed E-state index contributed by atoms with van der Waals surface area (Å²) in [5.41, 5.74) is 3.80. The van der Waals surface area contributed by atoms with Gasteiger partial charge in [0, 0.05) is 11.3 Å².